The fraction of sp³-hybridized carbons (Fsp3) is 0.600. The zero-order valence-electron chi connectivity index (χ0n) is 5.62. The summed E-state index contributed by atoms with van der Waals surface area (Å²) < 4.78 is 0. The van der Waals surface area contributed by atoms with Crippen molar-refractivity contribution < 1.29 is 19.5 Å². The van der Waals surface area contributed by atoms with Gasteiger partial charge in [0.15, 0.2) is 0 Å². The van der Waals surface area contributed by atoms with Crippen molar-refractivity contribution in [3.05, 3.63) is 6.42 Å². The van der Waals surface area contributed by atoms with Gasteiger partial charge in [0.2, 0.25) is 0 Å². The zero-order chi connectivity index (χ0) is 5.21. The number of hydrogen-bond donors (Lipinski definition) is 0. The van der Waals surface area contributed by atoms with Crippen LogP contribution in [0.3, 0.4) is 0 Å². The molecule has 8 heavy (non-hydrogen) atoms. The molecule has 0 nitrogen and oxygen atoms in total. The van der Waals surface area contributed by atoms with E-state index in [1.165, 1.54) is 0 Å². The van der Waals surface area contributed by atoms with Crippen molar-refractivity contribution in [2.75, 3.05) is 0 Å². The fourth-order valence-corrected chi connectivity index (χ4v) is 0. The summed E-state index contributed by atoms with van der Waals surface area (Å²) in [6, 6.07) is 0. The van der Waals surface area contributed by atoms with Crippen molar-refractivity contribution in [2.24, 2.45) is 0 Å². The molecule has 0 aromatic heterocycles. The van der Waals surface area contributed by atoms with Gasteiger partial charge in [-0.1, -0.05) is 19.6 Å². The minimum absolute atomic E-state index is 0. The average molecular weight is 244 g/mol. The maximum Gasteiger partial charge on any atom is 0.0806 e. The van der Waals surface area contributed by atoms with Gasteiger partial charge in [-0.25, -0.2) is 0 Å². The minimum Gasteiger partial charge on any atom is -0.701 e. The fourth-order valence-electron chi connectivity index (χ4n) is 0. The monoisotopic (exact) mass is 241 g/mol. The van der Waals surface area contributed by atoms with Crippen LogP contribution in [-0.2, 0) is 19.5 Å². The third kappa shape index (κ3) is 15.8. The molecule has 0 unspecified atom stereocenters. The Kier molecular flexibility index (Phi) is 12.0. The Labute approximate surface area is 76.0 Å². The quantitative estimate of drug-likeness (QED) is 0.347. The molecule has 0 saturated heterocycles. The Morgan fingerprint density at radius 1 is 1.25 bits per heavy atom. The molecule has 0 atom stereocenters. The molecule has 0 saturated carbocycles. The molecule has 3 heteroatoms. The van der Waals surface area contributed by atoms with E-state index in [1.807, 2.05) is 0 Å². The van der Waals surface area contributed by atoms with E-state index in [1.54, 1.807) is 0 Å². The average Bonchev–Trinajstić information content (AvgIpc) is 1.35. The van der Waals surface area contributed by atoms with Crippen molar-refractivity contribution >= 4 is 25.1 Å². The molecular formula is C5H10BrSiZn-. The van der Waals surface area contributed by atoms with E-state index in [0.29, 0.717) is 0 Å². The first-order valence-electron chi connectivity index (χ1n) is 2.00. The summed E-state index contributed by atoms with van der Waals surface area (Å²) >= 11 is 0. The van der Waals surface area contributed by atoms with Gasteiger partial charge in [-0.3, -0.25) is 0 Å². The van der Waals surface area contributed by atoms with Crippen LogP contribution in [-0.4, -0.2) is 8.07 Å². The molecular weight excluding hydrogens is 233 g/mol. The van der Waals surface area contributed by atoms with Crippen LogP contribution < -0.4 is 0 Å². The van der Waals surface area contributed by atoms with Gasteiger partial charge in [-0.05, 0) is 0 Å². The van der Waals surface area contributed by atoms with Gasteiger partial charge in [0, 0.05) is 19.5 Å². The first kappa shape index (κ1) is 15.9. The summed E-state index contributed by atoms with van der Waals surface area (Å²) in [7, 11) is -1.21. The second-order valence-corrected chi connectivity index (χ2v) is 7.12. The number of hydrogen-bond acceptors (Lipinski definition) is 0. The van der Waals surface area contributed by atoms with Crippen LogP contribution >= 0.6 is 17.0 Å². The van der Waals surface area contributed by atoms with Gasteiger partial charge in [0.1, 0.15) is 0 Å². The molecule has 0 aliphatic rings. The molecule has 0 aromatic carbocycles. The van der Waals surface area contributed by atoms with E-state index in [9.17, 15) is 0 Å². The molecule has 0 rings (SSSR count). The smallest absolute Gasteiger partial charge is 0.0806 e. The molecule has 0 aromatic rings. The molecule has 0 spiro atoms. The van der Waals surface area contributed by atoms with Gasteiger partial charge < -0.3 is 12.0 Å². The molecule has 0 fully saturated rings. The van der Waals surface area contributed by atoms with Crippen LogP contribution in [0.25, 0.3) is 0 Å². The van der Waals surface area contributed by atoms with Crippen molar-refractivity contribution in [1.82, 2.24) is 0 Å². The van der Waals surface area contributed by atoms with Gasteiger partial charge in [-0.2, -0.15) is 0 Å². The van der Waals surface area contributed by atoms with E-state index >= 15 is 0 Å². The van der Waals surface area contributed by atoms with Gasteiger partial charge in [0.25, 0.3) is 0 Å². The predicted octanol–water partition coefficient (Wildman–Crippen LogP) is 2.03. The van der Waals surface area contributed by atoms with Gasteiger partial charge >= 0.3 is 0 Å². The summed E-state index contributed by atoms with van der Waals surface area (Å²) in [5.74, 6) is 0. The second-order valence-electron chi connectivity index (χ2n) is 2.38. The van der Waals surface area contributed by atoms with Crippen molar-refractivity contribution in [2.45, 2.75) is 19.6 Å². The second kappa shape index (κ2) is 6.01. The van der Waals surface area contributed by atoms with E-state index in [2.05, 4.69) is 25.2 Å². The van der Waals surface area contributed by atoms with Crippen molar-refractivity contribution in [3.8, 4) is 5.54 Å². The predicted molar refractivity (Wildman–Crippen MR) is 40.8 cm³/mol. The van der Waals surface area contributed by atoms with E-state index in [4.69, 9.17) is 6.42 Å². The molecule has 0 N–H and O–H groups in total. The van der Waals surface area contributed by atoms with Crippen LogP contribution in [0, 0.1) is 12.0 Å². The van der Waals surface area contributed by atoms with E-state index in [-0.39, 0.29) is 36.5 Å². The molecule has 0 heterocycles. The number of halogens is 1. The van der Waals surface area contributed by atoms with Gasteiger partial charge in [-0.15, -0.1) is 17.0 Å². The largest absolute Gasteiger partial charge is 0.701 e. The zero-order valence-corrected chi connectivity index (χ0v) is 11.3. The standard InChI is InChI=1S/C5H9Si.BrH.Zn/c1-5-6(2,3)4;;/h2-4H3;1H;/q-1;;. The Hall–Kier alpha value is 0.880. The normalized spacial score (nSPS) is 7.75. The molecule has 0 aliphatic carbocycles. The Morgan fingerprint density at radius 2 is 1.38 bits per heavy atom. The molecule has 0 amide bonds. The van der Waals surface area contributed by atoms with Gasteiger partial charge in [0.05, 0.1) is 8.07 Å². The molecule has 0 radical (unpaired) electrons. The number of rotatable bonds is 0. The Bertz CT molecular complexity index is 79.4. The maximum atomic E-state index is 6.67. The Morgan fingerprint density at radius 3 is 1.38 bits per heavy atom. The van der Waals surface area contributed by atoms with Crippen LogP contribution in [0.2, 0.25) is 19.6 Å². The maximum absolute atomic E-state index is 6.67. The summed E-state index contributed by atoms with van der Waals surface area (Å²) in [6.45, 7) is 6.25. The van der Waals surface area contributed by atoms with E-state index < -0.39 is 8.07 Å². The minimum atomic E-state index is -1.21. The molecule has 0 bridgehead atoms. The van der Waals surface area contributed by atoms with Crippen LogP contribution in [0.5, 0.6) is 0 Å². The summed E-state index contributed by atoms with van der Waals surface area (Å²) in [6.07, 6.45) is 6.67. The first-order chi connectivity index (χ1) is 2.56. The topological polar surface area (TPSA) is 0 Å². The third-order valence-electron chi connectivity index (χ3n) is 0.375. The van der Waals surface area contributed by atoms with Crippen LogP contribution in [0.1, 0.15) is 0 Å². The Balaban J connectivity index is -0.000000125. The SMILES string of the molecule is Br.[C-]#C[Si](C)(C)C.[Zn]. The van der Waals surface area contributed by atoms with Crippen molar-refractivity contribution in [1.29, 1.82) is 0 Å². The van der Waals surface area contributed by atoms with E-state index in [0.717, 1.165) is 0 Å². The summed E-state index contributed by atoms with van der Waals surface area (Å²) in [5, 5.41) is 0. The summed E-state index contributed by atoms with van der Waals surface area (Å²) in [5.41, 5.74) is 2.49. The molecule has 0 aliphatic heterocycles. The van der Waals surface area contributed by atoms with Crippen LogP contribution in [0.4, 0.5) is 0 Å². The third-order valence-corrected chi connectivity index (χ3v) is 1.12. The molecule has 44 valence electrons. The summed E-state index contributed by atoms with van der Waals surface area (Å²) in [4.78, 5) is 0. The van der Waals surface area contributed by atoms with Crippen molar-refractivity contribution in [3.63, 3.8) is 0 Å². The van der Waals surface area contributed by atoms with Crippen LogP contribution in [0.15, 0.2) is 0 Å². The first-order valence-corrected chi connectivity index (χ1v) is 5.50.